The van der Waals surface area contributed by atoms with E-state index in [1.807, 2.05) is 0 Å². The van der Waals surface area contributed by atoms with Gasteiger partial charge in [0.2, 0.25) is 0 Å². The number of hydrogen-bond donors (Lipinski definition) is 2. The van der Waals surface area contributed by atoms with Crippen molar-refractivity contribution >= 4 is 11.3 Å². The van der Waals surface area contributed by atoms with Gasteiger partial charge in [0.1, 0.15) is 0 Å². The van der Waals surface area contributed by atoms with Crippen LogP contribution in [0.2, 0.25) is 0 Å². The number of thiophene rings is 1. The third kappa shape index (κ3) is 5.10. The topological polar surface area (TPSA) is 32.3 Å². The van der Waals surface area contributed by atoms with Crippen LogP contribution in [0.25, 0.3) is 0 Å². The Labute approximate surface area is 103 Å². The summed E-state index contributed by atoms with van der Waals surface area (Å²) in [4.78, 5) is 0. The second kappa shape index (κ2) is 6.38. The van der Waals surface area contributed by atoms with Gasteiger partial charge in [0.15, 0.2) is 0 Å². The van der Waals surface area contributed by atoms with Crippen LogP contribution in [0.4, 0.5) is 0 Å². The van der Waals surface area contributed by atoms with Gasteiger partial charge in [-0.25, -0.2) is 0 Å². The van der Waals surface area contributed by atoms with E-state index in [0.29, 0.717) is 6.04 Å². The first-order valence-corrected chi connectivity index (χ1v) is 6.83. The van der Waals surface area contributed by atoms with Crippen LogP contribution in [-0.2, 0) is 6.42 Å². The van der Waals surface area contributed by atoms with Gasteiger partial charge < -0.3 is 10.4 Å². The van der Waals surface area contributed by atoms with Crippen molar-refractivity contribution in [3.8, 4) is 0 Å². The van der Waals surface area contributed by atoms with E-state index in [1.165, 1.54) is 5.56 Å². The van der Waals surface area contributed by atoms with Gasteiger partial charge >= 0.3 is 0 Å². The number of rotatable bonds is 7. The molecule has 0 aliphatic rings. The number of nitrogens with one attached hydrogen (secondary N) is 1. The first-order chi connectivity index (χ1) is 7.53. The van der Waals surface area contributed by atoms with Crippen LogP contribution in [0, 0.1) is 5.41 Å². The molecule has 0 saturated carbocycles. The molecule has 1 rings (SSSR count). The fourth-order valence-electron chi connectivity index (χ4n) is 1.68. The Balaban J connectivity index is 2.27. The van der Waals surface area contributed by atoms with Crippen LogP contribution in [0.1, 0.15) is 32.8 Å². The Bertz CT molecular complexity index is 282. The highest BCUT2D eigenvalue weighted by Gasteiger charge is 2.17. The van der Waals surface area contributed by atoms with Crippen molar-refractivity contribution in [3.05, 3.63) is 22.4 Å². The second-order valence-electron chi connectivity index (χ2n) is 5.26. The summed E-state index contributed by atoms with van der Waals surface area (Å²) in [6, 6.07) is 2.68. The minimum absolute atomic E-state index is 0.178. The van der Waals surface area contributed by atoms with Crippen LogP contribution in [0.3, 0.4) is 0 Å². The van der Waals surface area contributed by atoms with Gasteiger partial charge in [-0.2, -0.15) is 11.3 Å². The molecule has 0 aliphatic heterocycles. The Morgan fingerprint density at radius 2 is 2.25 bits per heavy atom. The molecule has 16 heavy (non-hydrogen) atoms. The summed E-state index contributed by atoms with van der Waals surface area (Å²) in [5, 5.41) is 16.8. The van der Waals surface area contributed by atoms with Gasteiger partial charge in [0.25, 0.3) is 0 Å². The van der Waals surface area contributed by atoms with E-state index in [1.54, 1.807) is 11.3 Å². The Morgan fingerprint density at radius 3 is 2.81 bits per heavy atom. The molecule has 0 bridgehead atoms. The highest BCUT2D eigenvalue weighted by molar-refractivity contribution is 7.07. The largest absolute Gasteiger partial charge is 0.396 e. The minimum Gasteiger partial charge on any atom is -0.396 e. The first kappa shape index (κ1) is 13.7. The van der Waals surface area contributed by atoms with Crippen molar-refractivity contribution < 1.29 is 5.11 Å². The maximum Gasteiger partial charge on any atom is 0.0436 e. The zero-order valence-corrected chi connectivity index (χ0v) is 11.3. The number of hydrogen-bond acceptors (Lipinski definition) is 3. The predicted octanol–water partition coefficient (Wildman–Crippen LogP) is 2.68. The Morgan fingerprint density at radius 1 is 1.50 bits per heavy atom. The molecule has 3 heteroatoms. The molecule has 2 nitrogen and oxygen atoms in total. The maximum atomic E-state index is 8.95. The summed E-state index contributed by atoms with van der Waals surface area (Å²) >= 11 is 1.75. The first-order valence-electron chi connectivity index (χ1n) is 5.89. The van der Waals surface area contributed by atoms with Gasteiger partial charge in [0, 0.05) is 19.2 Å². The third-order valence-electron chi connectivity index (χ3n) is 2.84. The lowest BCUT2D eigenvalue weighted by molar-refractivity contribution is 0.203. The second-order valence-corrected chi connectivity index (χ2v) is 6.04. The van der Waals surface area contributed by atoms with E-state index in [4.69, 9.17) is 5.11 Å². The van der Waals surface area contributed by atoms with Crippen LogP contribution < -0.4 is 5.32 Å². The van der Waals surface area contributed by atoms with Gasteiger partial charge in [-0.1, -0.05) is 13.8 Å². The minimum atomic E-state index is 0.178. The van der Waals surface area contributed by atoms with Gasteiger partial charge in [-0.3, -0.25) is 0 Å². The molecule has 1 aromatic rings. The zero-order valence-electron chi connectivity index (χ0n) is 10.5. The smallest absolute Gasteiger partial charge is 0.0436 e. The van der Waals surface area contributed by atoms with Gasteiger partial charge in [-0.05, 0) is 47.6 Å². The van der Waals surface area contributed by atoms with Crippen LogP contribution in [0.5, 0.6) is 0 Å². The van der Waals surface area contributed by atoms with Crippen molar-refractivity contribution in [1.29, 1.82) is 0 Å². The lowest BCUT2D eigenvalue weighted by Gasteiger charge is -2.26. The molecule has 0 radical (unpaired) electrons. The van der Waals surface area contributed by atoms with Crippen LogP contribution in [0.15, 0.2) is 16.8 Å². The lowest BCUT2D eigenvalue weighted by atomic mass is 9.89. The molecule has 2 N–H and O–H groups in total. The number of aliphatic hydroxyl groups excluding tert-OH is 1. The van der Waals surface area contributed by atoms with Crippen molar-refractivity contribution in [1.82, 2.24) is 5.32 Å². The fraction of sp³-hybridized carbons (Fsp3) is 0.692. The summed E-state index contributed by atoms with van der Waals surface area (Å²) in [7, 11) is 0. The van der Waals surface area contributed by atoms with Crippen molar-refractivity contribution in [3.63, 3.8) is 0 Å². The summed E-state index contributed by atoms with van der Waals surface area (Å²) in [6.45, 7) is 7.82. The molecule has 0 aliphatic carbocycles. The standard InChI is InChI=1S/C13H23NOS/c1-11(8-12-4-7-16-9-12)14-10-13(2,3)5-6-15/h4,7,9,11,14-15H,5-6,8,10H2,1-3H3. The molecule has 1 heterocycles. The normalized spacial score (nSPS) is 14.0. The molecule has 0 amide bonds. The predicted molar refractivity (Wildman–Crippen MR) is 71.0 cm³/mol. The molecule has 0 saturated heterocycles. The lowest BCUT2D eigenvalue weighted by Crippen LogP contribution is -2.37. The Kier molecular flexibility index (Phi) is 5.46. The van der Waals surface area contributed by atoms with Crippen LogP contribution in [-0.4, -0.2) is 24.3 Å². The molecule has 0 fully saturated rings. The molecule has 0 aromatic carbocycles. The molecule has 1 unspecified atom stereocenters. The molecule has 92 valence electrons. The highest BCUT2D eigenvalue weighted by atomic mass is 32.1. The molecular weight excluding hydrogens is 218 g/mol. The molecule has 1 atom stereocenters. The van der Waals surface area contributed by atoms with E-state index in [9.17, 15) is 0 Å². The zero-order chi connectivity index (χ0) is 12.0. The van der Waals surface area contributed by atoms with E-state index in [2.05, 4.69) is 42.9 Å². The van der Waals surface area contributed by atoms with Crippen molar-refractivity contribution in [2.24, 2.45) is 5.41 Å². The van der Waals surface area contributed by atoms with Gasteiger partial charge in [-0.15, -0.1) is 0 Å². The van der Waals surface area contributed by atoms with Crippen LogP contribution >= 0.6 is 11.3 Å². The molecule has 0 spiro atoms. The third-order valence-corrected chi connectivity index (χ3v) is 3.57. The fourth-order valence-corrected chi connectivity index (χ4v) is 2.36. The summed E-state index contributed by atoms with van der Waals surface area (Å²) in [6.07, 6.45) is 1.93. The summed E-state index contributed by atoms with van der Waals surface area (Å²) in [5.41, 5.74) is 1.59. The monoisotopic (exact) mass is 241 g/mol. The van der Waals surface area contributed by atoms with E-state index in [-0.39, 0.29) is 12.0 Å². The molecular formula is C13H23NOS. The highest BCUT2D eigenvalue weighted by Crippen LogP contribution is 2.18. The van der Waals surface area contributed by atoms with E-state index >= 15 is 0 Å². The average Bonchev–Trinajstić information content (AvgIpc) is 2.68. The maximum absolute atomic E-state index is 8.95. The van der Waals surface area contributed by atoms with E-state index in [0.717, 1.165) is 19.4 Å². The van der Waals surface area contributed by atoms with Crippen molar-refractivity contribution in [2.45, 2.75) is 39.7 Å². The number of aliphatic hydroxyl groups is 1. The molecule has 1 aromatic heterocycles. The van der Waals surface area contributed by atoms with Gasteiger partial charge in [0.05, 0.1) is 0 Å². The van der Waals surface area contributed by atoms with E-state index < -0.39 is 0 Å². The Hall–Kier alpha value is -0.380. The quantitative estimate of drug-likeness (QED) is 0.769. The average molecular weight is 241 g/mol. The SMILES string of the molecule is CC(Cc1ccsc1)NCC(C)(C)CCO. The van der Waals surface area contributed by atoms with Crippen molar-refractivity contribution in [2.75, 3.05) is 13.2 Å². The summed E-state index contributed by atoms with van der Waals surface area (Å²) < 4.78 is 0. The summed E-state index contributed by atoms with van der Waals surface area (Å²) in [5.74, 6) is 0.